The van der Waals surface area contributed by atoms with Gasteiger partial charge in [0.1, 0.15) is 5.75 Å². The zero-order valence-electron chi connectivity index (χ0n) is 13.3. The number of benzene rings is 1. The van der Waals surface area contributed by atoms with Gasteiger partial charge in [0.05, 0.1) is 17.3 Å². The second-order valence-electron chi connectivity index (χ2n) is 5.35. The number of rotatable bonds is 6. The summed E-state index contributed by atoms with van der Waals surface area (Å²) in [6, 6.07) is 4.49. The lowest BCUT2D eigenvalue weighted by Gasteiger charge is -2.28. The largest absolute Gasteiger partial charge is 0.547 e. The van der Waals surface area contributed by atoms with Crippen LogP contribution in [0.25, 0.3) is 0 Å². The Kier molecular flexibility index (Phi) is 5.87. The summed E-state index contributed by atoms with van der Waals surface area (Å²) in [6.45, 7) is 0. The van der Waals surface area contributed by atoms with Crippen LogP contribution in [0, 0.1) is 4.91 Å². The van der Waals surface area contributed by atoms with Gasteiger partial charge in [0.2, 0.25) is 15.9 Å². The number of amides is 2. The number of hydrogen-bond acceptors (Lipinski definition) is 7. The van der Waals surface area contributed by atoms with Crippen LogP contribution >= 0.6 is 0 Å². The third-order valence-electron chi connectivity index (χ3n) is 3.69. The van der Waals surface area contributed by atoms with Gasteiger partial charge in [-0.1, -0.05) is 12.1 Å². The van der Waals surface area contributed by atoms with E-state index >= 15 is 0 Å². The number of sulfonamides is 1. The topological polar surface area (TPSA) is 151 Å². The van der Waals surface area contributed by atoms with E-state index in [1.54, 1.807) is 6.07 Å². The first-order valence-electron chi connectivity index (χ1n) is 7.32. The van der Waals surface area contributed by atoms with Crippen molar-refractivity contribution in [2.24, 2.45) is 5.18 Å². The van der Waals surface area contributed by atoms with Crippen LogP contribution in [0.4, 0.5) is 0 Å². The third kappa shape index (κ3) is 4.62. The Labute approximate surface area is 144 Å². The minimum absolute atomic E-state index is 0.0443. The molecule has 134 valence electrons. The van der Waals surface area contributed by atoms with Crippen molar-refractivity contribution in [1.82, 2.24) is 10.0 Å². The molecule has 2 amide bonds. The molecule has 0 aliphatic carbocycles. The van der Waals surface area contributed by atoms with E-state index in [9.17, 15) is 27.9 Å². The monoisotopic (exact) mass is 369 g/mol. The predicted molar refractivity (Wildman–Crippen MR) is 88.3 cm³/mol. The number of hydrogen-bond donors (Lipinski definition) is 3. The third-order valence-corrected chi connectivity index (χ3v) is 5.05. The molecule has 0 radical (unpaired) electrons. The zero-order valence-corrected chi connectivity index (χ0v) is 14.1. The van der Waals surface area contributed by atoms with Crippen molar-refractivity contribution in [2.45, 2.75) is 18.8 Å². The van der Waals surface area contributed by atoms with Crippen LogP contribution < -0.4 is 14.7 Å². The normalized spacial score (nSPS) is 16.6. The van der Waals surface area contributed by atoms with Gasteiger partial charge in [-0.2, -0.15) is 0 Å². The predicted octanol–water partition coefficient (Wildman–Crippen LogP) is -1.03. The molecule has 0 unspecified atom stereocenters. The Balaban J connectivity index is 2.08. The minimum Gasteiger partial charge on any atom is -0.534 e. The molecule has 1 heterocycles. The van der Waals surface area contributed by atoms with E-state index in [1.165, 1.54) is 19.2 Å². The number of nitroso groups, excluding NO2 is 1. The summed E-state index contributed by atoms with van der Waals surface area (Å²) < 4.78 is 30.0. The molecule has 12 heteroatoms. The van der Waals surface area contributed by atoms with Crippen molar-refractivity contribution < 1.29 is 27.7 Å². The van der Waals surface area contributed by atoms with Gasteiger partial charge < -0.3 is 15.0 Å². The standard InChI is InChI=1S/C13H16BN3O7S/c1-15-25(22,23)6-5-11(18)16-10-7-8-3-2-4-9(13(19)17-21)12(8)24-14(10)20/h2-4,10,15,20H,5-7H2,1H3,(H,16,18)/t10-/m0/s1. The fourth-order valence-corrected chi connectivity index (χ4v) is 3.03. The molecule has 3 N–H and O–H groups in total. The van der Waals surface area contributed by atoms with Gasteiger partial charge in [0.25, 0.3) is 0 Å². The summed E-state index contributed by atoms with van der Waals surface area (Å²) in [7, 11) is -3.73. The van der Waals surface area contributed by atoms with Gasteiger partial charge >= 0.3 is 13.0 Å². The van der Waals surface area contributed by atoms with Gasteiger partial charge in [-0.25, -0.2) is 13.1 Å². The Hall–Kier alpha value is -2.31. The average molecular weight is 369 g/mol. The lowest BCUT2D eigenvalue weighted by molar-refractivity contribution is -0.121. The smallest absolute Gasteiger partial charge is 0.534 e. The van der Waals surface area contributed by atoms with E-state index in [0.29, 0.717) is 5.56 Å². The van der Waals surface area contributed by atoms with Crippen LogP contribution in [0.2, 0.25) is 0 Å². The molecule has 0 saturated carbocycles. The molecule has 0 fully saturated rings. The second kappa shape index (κ2) is 7.72. The highest BCUT2D eigenvalue weighted by atomic mass is 32.2. The van der Waals surface area contributed by atoms with E-state index in [1.807, 2.05) is 0 Å². The average Bonchev–Trinajstić information content (AvgIpc) is 2.59. The van der Waals surface area contributed by atoms with Crippen molar-refractivity contribution in [3.8, 4) is 5.75 Å². The maximum absolute atomic E-state index is 11.9. The molecule has 0 bridgehead atoms. The van der Waals surface area contributed by atoms with Crippen LogP contribution in [0.3, 0.4) is 0 Å². The maximum Gasteiger partial charge on any atom is 0.547 e. The first kappa shape index (κ1) is 19.0. The van der Waals surface area contributed by atoms with Crippen LogP contribution in [0.5, 0.6) is 5.75 Å². The maximum atomic E-state index is 11.9. The molecule has 0 saturated heterocycles. The molecule has 25 heavy (non-hydrogen) atoms. The molecule has 1 aromatic carbocycles. The highest BCUT2D eigenvalue weighted by Gasteiger charge is 2.37. The summed E-state index contributed by atoms with van der Waals surface area (Å²) in [6.07, 6.45) is -0.145. The van der Waals surface area contributed by atoms with E-state index in [4.69, 9.17) is 4.65 Å². The SMILES string of the molecule is CNS(=O)(=O)CCC(=O)N[C@H]1Cc2cccc(C(=O)N=O)c2OB1O. The van der Waals surface area contributed by atoms with Crippen molar-refractivity contribution in [3.63, 3.8) is 0 Å². The van der Waals surface area contributed by atoms with Crippen molar-refractivity contribution >= 4 is 29.0 Å². The molecule has 1 aliphatic rings. The van der Waals surface area contributed by atoms with Gasteiger partial charge in [-0.05, 0) is 25.1 Å². The number of fused-ring (bicyclic) bond motifs is 1. The number of nitrogens with one attached hydrogen (secondary N) is 2. The molecule has 2 rings (SSSR count). The highest BCUT2D eigenvalue weighted by Crippen LogP contribution is 2.30. The van der Waals surface area contributed by atoms with Gasteiger partial charge in [0, 0.05) is 11.6 Å². The van der Waals surface area contributed by atoms with Crippen LogP contribution in [-0.4, -0.2) is 51.1 Å². The lowest BCUT2D eigenvalue weighted by atomic mass is 9.72. The Morgan fingerprint density at radius 3 is 2.80 bits per heavy atom. The zero-order chi connectivity index (χ0) is 18.6. The second-order valence-corrected chi connectivity index (χ2v) is 7.40. The molecule has 0 aromatic heterocycles. The summed E-state index contributed by atoms with van der Waals surface area (Å²) in [4.78, 5) is 33.8. The van der Waals surface area contributed by atoms with Crippen molar-refractivity contribution in [2.75, 3.05) is 12.8 Å². The van der Waals surface area contributed by atoms with Gasteiger partial charge in [-0.15, -0.1) is 4.91 Å². The number of carbonyl (C=O) groups is 2. The first-order chi connectivity index (χ1) is 11.8. The Bertz CT molecular complexity index is 799. The summed E-state index contributed by atoms with van der Waals surface area (Å²) in [5, 5.41) is 14.9. The van der Waals surface area contributed by atoms with Crippen molar-refractivity contribution in [1.29, 1.82) is 0 Å². The van der Waals surface area contributed by atoms with E-state index in [2.05, 4.69) is 15.2 Å². The first-order valence-corrected chi connectivity index (χ1v) is 8.97. The fraction of sp³-hybridized carbons (Fsp3) is 0.385. The van der Waals surface area contributed by atoms with Crippen molar-refractivity contribution in [3.05, 3.63) is 34.2 Å². The minimum atomic E-state index is -3.52. The molecule has 10 nitrogen and oxygen atoms in total. The summed E-state index contributed by atoms with van der Waals surface area (Å²) >= 11 is 0. The number of carbonyl (C=O) groups excluding carboxylic acids is 2. The molecule has 0 spiro atoms. The van der Waals surface area contributed by atoms with E-state index < -0.39 is 34.9 Å². The highest BCUT2D eigenvalue weighted by molar-refractivity contribution is 7.89. The lowest BCUT2D eigenvalue weighted by Crippen LogP contribution is -2.53. The summed E-state index contributed by atoms with van der Waals surface area (Å²) in [5.74, 6) is -2.77. The van der Waals surface area contributed by atoms with Crippen LogP contribution in [-0.2, 0) is 21.2 Å². The number of nitrogens with zero attached hydrogens (tertiary/aromatic N) is 1. The number of para-hydroxylation sites is 1. The Morgan fingerprint density at radius 2 is 2.16 bits per heavy atom. The molecule has 1 atom stereocenters. The van der Waals surface area contributed by atoms with E-state index in [-0.39, 0.29) is 29.9 Å². The summed E-state index contributed by atoms with van der Waals surface area (Å²) in [5.41, 5.74) is 0.435. The molecular formula is C13H16BN3O7S. The molecular weight excluding hydrogens is 353 g/mol. The fourth-order valence-electron chi connectivity index (χ4n) is 2.37. The molecule has 1 aliphatic heterocycles. The quantitative estimate of drug-likeness (QED) is 0.428. The molecule has 1 aromatic rings. The van der Waals surface area contributed by atoms with Gasteiger partial charge in [-0.3, -0.25) is 9.59 Å². The van der Waals surface area contributed by atoms with Gasteiger partial charge in [0.15, 0.2) is 0 Å². The Morgan fingerprint density at radius 1 is 1.44 bits per heavy atom. The van der Waals surface area contributed by atoms with Crippen LogP contribution in [0.15, 0.2) is 23.4 Å². The van der Waals surface area contributed by atoms with Crippen LogP contribution in [0.1, 0.15) is 22.3 Å². The van der Waals surface area contributed by atoms with E-state index in [0.717, 1.165) is 0 Å².